The molecule has 1 aromatic heterocycles. The van der Waals surface area contributed by atoms with E-state index in [0.29, 0.717) is 19.5 Å². The molecule has 0 spiro atoms. The van der Waals surface area contributed by atoms with E-state index >= 15 is 0 Å². The van der Waals surface area contributed by atoms with E-state index in [-0.39, 0.29) is 5.91 Å². The number of hydrogen-bond acceptors (Lipinski definition) is 3. The molecule has 0 atom stereocenters. The van der Waals surface area contributed by atoms with Gasteiger partial charge in [-0.2, -0.15) is 0 Å². The molecule has 2 rings (SSSR count). The van der Waals surface area contributed by atoms with Crippen LogP contribution in [0.3, 0.4) is 0 Å². The minimum Gasteiger partial charge on any atom is -0.368 e. The minimum atomic E-state index is 0.0233. The number of rotatable bonds is 6. The number of carbonyl (C=O) groups excluding carboxylic acids is 1. The summed E-state index contributed by atoms with van der Waals surface area (Å²) in [6.45, 7) is 1.23. The van der Waals surface area contributed by atoms with E-state index in [1.165, 1.54) is 0 Å². The average Bonchev–Trinajstić information content (AvgIpc) is 2.47. The van der Waals surface area contributed by atoms with Crippen LogP contribution in [0.1, 0.15) is 5.56 Å². The highest BCUT2D eigenvalue weighted by Gasteiger charge is 2.02. The molecule has 0 aliphatic carbocycles. The minimum absolute atomic E-state index is 0.0233. The summed E-state index contributed by atoms with van der Waals surface area (Å²) in [4.78, 5) is 15.9. The summed E-state index contributed by atoms with van der Waals surface area (Å²) in [5.74, 6) is 0.838. The van der Waals surface area contributed by atoms with Gasteiger partial charge >= 0.3 is 0 Å². The summed E-state index contributed by atoms with van der Waals surface area (Å²) in [5, 5.41) is 6.01. The topological polar surface area (TPSA) is 54.0 Å². The average molecular weight is 334 g/mol. The van der Waals surface area contributed by atoms with Gasteiger partial charge in [-0.05, 0) is 29.8 Å². The largest absolute Gasteiger partial charge is 0.368 e. The highest BCUT2D eigenvalue weighted by Crippen LogP contribution is 2.10. The molecule has 0 aliphatic rings. The summed E-state index contributed by atoms with van der Waals surface area (Å²) >= 11 is 3.37. The van der Waals surface area contributed by atoms with Gasteiger partial charge in [0.25, 0.3) is 0 Å². The van der Waals surface area contributed by atoms with Gasteiger partial charge in [-0.15, -0.1) is 0 Å². The Bertz CT molecular complexity index is 543. The maximum Gasteiger partial charge on any atom is 0.224 e. The summed E-state index contributed by atoms with van der Waals surface area (Å²) in [6.07, 6.45) is 2.13. The van der Waals surface area contributed by atoms with Crippen LogP contribution in [0.25, 0.3) is 0 Å². The monoisotopic (exact) mass is 333 g/mol. The Morgan fingerprint density at radius 2 is 1.90 bits per heavy atom. The van der Waals surface area contributed by atoms with Gasteiger partial charge in [0.2, 0.25) is 5.91 Å². The highest BCUT2D eigenvalue weighted by atomic mass is 79.9. The lowest BCUT2D eigenvalue weighted by Gasteiger charge is -2.07. The fourth-order valence-corrected chi connectivity index (χ4v) is 1.97. The van der Waals surface area contributed by atoms with Gasteiger partial charge in [-0.1, -0.05) is 34.1 Å². The molecule has 0 unspecified atom stereocenters. The van der Waals surface area contributed by atoms with Gasteiger partial charge in [0.1, 0.15) is 5.82 Å². The SMILES string of the molecule is O=C(Cc1ccc(Br)cc1)NCCNc1ccccn1. The third-order valence-electron chi connectivity index (χ3n) is 2.70. The molecule has 0 saturated heterocycles. The number of pyridine rings is 1. The molecule has 5 heteroatoms. The molecule has 104 valence electrons. The zero-order chi connectivity index (χ0) is 14.2. The second kappa shape index (κ2) is 7.65. The van der Waals surface area contributed by atoms with E-state index in [9.17, 15) is 4.79 Å². The molecule has 2 aromatic rings. The summed E-state index contributed by atoms with van der Waals surface area (Å²) in [5.41, 5.74) is 1.00. The van der Waals surface area contributed by atoms with Crippen LogP contribution in [-0.4, -0.2) is 24.0 Å². The van der Waals surface area contributed by atoms with Crippen molar-refractivity contribution in [1.29, 1.82) is 0 Å². The van der Waals surface area contributed by atoms with Crippen molar-refractivity contribution < 1.29 is 4.79 Å². The highest BCUT2D eigenvalue weighted by molar-refractivity contribution is 9.10. The zero-order valence-corrected chi connectivity index (χ0v) is 12.6. The molecule has 0 bridgehead atoms. The van der Waals surface area contributed by atoms with E-state index in [0.717, 1.165) is 15.9 Å². The van der Waals surface area contributed by atoms with E-state index in [4.69, 9.17) is 0 Å². The van der Waals surface area contributed by atoms with Crippen LogP contribution < -0.4 is 10.6 Å². The van der Waals surface area contributed by atoms with Gasteiger partial charge in [0.15, 0.2) is 0 Å². The first kappa shape index (κ1) is 14.5. The first-order chi connectivity index (χ1) is 9.74. The van der Waals surface area contributed by atoms with Gasteiger partial charge in [-0.25, -0.2) is 4.98 Å². The molecule has 1 aromatic carbocycles. The number of carbonyl (C=O) groups is 1. The maximum atomic E-state index is 11.7. The Hall–Kier alpha value is -1.88. The lowest BCUT2D eigenvalue weighted by Crippen LogP contribution is -2.30. The third-order valence-corrected chi connectivity index (χ3v) is 3.22. The van der Waals surface area contributed by atoms with Crippen molar-refractivity contribution in [3.05, 3.63) is 58.7 Å². The molecule has 0 fully saturated rings. The van der Waals surface area contributed by atoms with Crippen LogP contribution in [0.5, 0.6) is 0 Å². The van der Waals surface area contributed by atoms with Crippen molar-refractivity contribution in [2.24, 2.45) is 0 Å². The van der Waals surface area contributed by atoms with Gasteiger partial charge in [0, 0.05) is 23.8 Å². The maximum absolute atomic E-state index is 11.7. The summed E-state index contributed by atoms with van der Waals surface area (Å²) < 4.78 is 1.02. The number of halogens is 1. The van der Waals surface area contributed by atoms with Crippen LogP contribution in [-0.2, 0) is 11.2 Å². The lowest BCUT2D eigenvalue weighted by molar-refractivity contribution is -0.120. The third kappa shape index (κ3) is 5.01. The molecule has 1 amide bonds. The number of nitrogens with zero attached hydrogens (tertiary/aromatic N) is 1. The van der Waals surface area contributed by atoms with Crippen molar-refractivity contribution in [3.63, 3.8) is 0 Å². The first-order valence-electron chi connectivity index (χ1n) is 6.40. The molecule has 1 heterocycles. The van der Waals surface area contributed by atoms with Crippen LogP contribution in [0.15, 0.2) is 53.1 Å². The predicted molar refractivity (Wildman–Crippen MR) is 83.6 cm³/mol. The van der Waals surface area contributed by atoms with Crippen molar-refractivity contribution in [2.75, 3.05) is 18.4 Å². The second-order valence-corrected chi connectivity index (χ2v) is 5.21. The van der Waals surface area contributed by atoms with Crippen LogP contribution in [0.2, 0.25) is 0 Å². The normalized spacial score (nSPS) is 10.1. The summed E-state index contributed by atoms with van der Waals surface area (Å²) in [6, 6.07) is 13.4. The van der Waals surface area contributed by atoms with Gasteiger partial charge in [-0.3, -0.25) is 4.79 Å². The van der Waals surface area contributed by atoms with Crippen molar-refractivity contribution >= 4 is 27.7 Å². The van der Waals surface area contributed by atoms with Crippen molar-refractivity contribution in [3.8, 4) is 0 Å². The Kier molecular flexibility index (Phi) is 5.55. The van der Waals surface area contributed by atoms with E-state index < -0.39 is 0 Å². The Morgan fingerprint density at radius 1 is 1.10 bits per heavy atom. The molecule has 20 heavy (non-hydrogen) atoms. The fraction of sp³-hybridized carbons (Fsp3) is 0.200. The fourth-order valence-electron chi connectivity index (χ4n) is 1.71. The summed E-state index contributed by atoms with van der Waals surface area (Å²) in [7, 11) is 0. The Balaban J connectivity index is 1.66. The van der Waals surface area contributed by atoms with E-state index in [1.807, 2.05) is 42.5 Å². The first-order valence-corrected chi connectivity index (χ1v) is 7.19. The number of aromatic nitrogens is 1. The van der Waals surface area contributed by atoms with Crippen LogP contribution in [0, 0.1) is 0 Å². The van der Waals surface area contributed by atoms with Crippen LogP contribution in [0.4, 0.5) is 5.82 Å². The number of amides is 1. The van der Waals surface area contributed by atoms with Crippen molar-refractivity contribution in [2.45, 2.75) is 6.42 Å². The molecule has 0 aliphatic heterocycles. The molecular formula is C15H16BrN3O. The molecule has 4 nitrogen and oxygen atoms in total. The lowest BCUT2D eigenvalue weighted by atomic mass is 10.1. The molecule has 0 saturated carbocycles. The van der Waals surface area contributed by atoms with Gasteiger partial charge in [0.05, 0.1) is 6.42 Å². The number of nitrogens with one attached hydrogen (secondary N) is 2. The zero-order valence-electron chi connectivity index (χ0n) is 11.0. The number of hydrogen-bond donors (Lipinski definition) is 2. The molecular weight excluding hydrogens is 318 g/mol. The van der Waals surface area contributed by atoms with E-state index in [1.54, 1.807) is 6.20 Å². The Labute approximate surface area is 126 Å². The quantitative estimate of drug-likeness (QED) is 0.799. The Morgan fingerprint density at radius 3 is 2.60 bits per heavy atom. The molecule has 2 N–H and O–H groups in total. The van der Waals surface area contributed by atoms with E-state index in [2.05, 4.69) is 31.5 Å². The van der Waals surface area contributed by atoms with Crippen LogP contribution >= 0.6 is 15.9 Å². The number of benzene rings is 1. The number of anilines is 1. The second-order valence-electron chi connectivity index (χ2n) is 4.29. The standard InChI is InChI=1S/C15H16BrN3O/c16-13-6-4-12(5-7-13)11-15(20)19-10-9-18-14-3-1-2-8-17-14/h1-8H,9-11H2,(H,17,18)(H,19,20). The smallest absolute Gasteiger partial charge is 0.224 e. The molecule has 0 radical (unpaired) electrons. The van der Waals surface area contributed by atoms with Gasteiger partial charge < -0.3 is 10.6 Å². The van der Waals surface area contributed by atoms with Crippen molar-refractivity contribution in [1.82, 2.24) is 10.3 Å². The predicted octanol–water partition coefficient (Wildman–Crippen LogP) is 2.61.